The Bertz CT molecular complexity index is 789. The van der Waals surface area contributed by atoms with Gasteiger partial charge in [-0.05, 0) is 18.4 Å². The van der Waals surface area contributed by atoms with E-state index in [4.69, 9.17) is 9.26 Å². The molecule has 2 aromatic rings. The molecule has 2 atom stereocenters. The quantitative estimate of drug-likeness (QED) is 0.896. The van der Waals surface area contributed by atoms with Gasteiger partial charge in [-0.3, -0.25) is 9.59 Å². The smallest absolute Gasteiger partial charge is 0.274 e. The van der Waals surface area contributed by atoms with Gasteiger partial charge >= 0.3 is 0 Å². The Morgan fingerprint density at radius 1 is 1.27 bits per heavy atom. The molecule has 0 radical (unpaired) electrons. The Hall–Kier alpha value is -2.67. The van der Waals surface area contributed by atoms with Crippen molar-refractivity contribution in [1.82, 2.24) is 15.4 Å². The Morgan fingerprint density at radius 2 is 2.12 bits per heavy atom. The highest BCUT2D eigenvalue weighted by atomic mass is 16.5. The van der Waals surface area contributed by atoms with E-state index < -0.39 is 11.9 Å². The number of benzene rings is 1. The molecule has 26 heavy (non-hydrogen) atoms. The standard InChI is InChI=1S/C19H21N3O4/c23-18(16-10-15(26-21-16)9-13-5-2-1-3-6-13)20-17-12-25-11-14-7-4-8-22(14)19(17)24/h1-3,5-6,10,14,17H,4,7-9,11-12H2,(H,20,23). The number of hydrogen-bond donors (Lipinski definition) is 1. The normalized spacial score (nSPS) is 22.8. The first-order valence-electron chi connectivity index (χ1n) is 8.89. The minimum absolute atomic E-state index is 0.0775. The van der Waals surface area contributed by atoms with Gasteiger partial charge in [-0.2, -0.15) is 0 Å². The molecule has 2 aliphatic heterocycles. The van der Waals surface area contributed by atoms with Gasteiger partial charge in [-0.1, -0.05) is 35.5 Å². The molecule has 0 bridgehead atoms. The van der Waals surface area contributed by atoms with E-state index in [9.17, 15) is 9.59 Å². The molecule has 0 saturated carbocycles. The second-order valence-corrected chi connectivity index (χ2v) is 6.73. The van der Waals surface area contributed by atoms with Crippen molar-refractivity contribution >= 4 is 11.8 Å². The molecule has 0 spiro atoms. The molecular formula is C19H21N3O4. The summed E-state index contributed by atoms with van der Waals surface area (Å²) in [7, 11) is 0. The lowest BCUT2D eigenvalue weighted by Crippen LogP contribution is -2.50. The third-order valence-corrected chi connectivity index (χ3v) is 4.87. The average Bonchev–Trinajstić information content (AvgIpc) is 3.28. The molecule has 2 amide bonds. The molecule has 0 aliphatic carbocycles. The highest BCUT2D eigenvalue weighted by molar-refractivity contribution is 5.96. The van der Waals surface area contributed by atoms with E-state index in [1.54, 1.807) is 6.07 Å². The number of rotatable bonds is 4. The first-order chi connectivity index (χ1) is 12.7. The first kappa shape index (κ1) is 16.8. The summed E-state index contributed by atoms with van der Waals surface area (Å²) in [6, 6.07) is 10.9. The zero-order chi connectivity index (χ0) is 17.9. The summed E-state index contributed by atoms with van der Waals surface area (Å²) in [4.78, 5) is 26.9. The van der Waals surface area contributed by atoms with E-state index >= 15 is 0 Å². The Morgan fingerprint density at radius 3 is 2.96 bits per heavy atom. The molecule has 7 heteroatoms. The Kier molecular flexibility index (Phi) is 4.71. The van der Waals surface area contributed by atoms with Gasteiger partial charge in [0.25, 0.3) is 5.91 Å². The van der Waals surface area contributed by atoms with Gasteiger partial charge in [0.1, 0.15) is 11.8 Å². The molecular weight excluding hydrogens is 334 g/mol. The van der Waals surface area contributed by atoms with Crippen LogP contribution in [-0.2, 0) is 16.0 Å². The van der Waals surface area contributed by atoms with Crippen molar-refractivity contribution in [3.63, 3.8) is 0 Å². The Balaban J connectivity index is 1.41. The summed E-state index contributed by atoms with van der Waals surface area (Å²) < 4.78 is 10.9. The average molecular weight is 355 g/mol. The Labute approximate surface area is 151 Å². The second-order valence-electron chi connectivity index (χ2n) is 6.73. The molecule has 2 fully saturated rings. The van der Waals surface area contributed by atoms with E-state index in [0.29, 0.717) is 18.8 Å². The fourth-order valence-electron chi connectivity index (χ4n) is 3.53. The number of aromatic nitrogens is 1. The number of fused-ring (bicyclic) bond motifs is 1. The van der Waals surface area contributed by atoms with E-state index in [1.165, 1.54) is 0 Å². The largest absolute Gasteiger partial charge is 0.377 e. The molecule has 2 saturated heterocycles. The molecule has 7 nitrogen and oxygen atoms in total. The first-order valence-corrected chi connectivity index (χ1v) is 8.89. The van der Waals surface area contributed by atoms with Crippen LogP contribution < -0.4 is 5.32 Å². The van der Waals surface area contributed by atoms with Crippen LogP contribution in [-0.4, -0.2) is 53.7 Å². The van der Waals surface area contributed by atoms with Crippen LogP contribution in [0.5, 0.6) is 0 Å². The predicted molar refractivity (Wildman–Crippen MR) is 92.6 cm³/mol. The maximum atomic E-state index is 12.6. The van der Waals surface area contributed by atoms with Gasteiger partial charge < -0.3 is 19.5 Å². The van der Waals surface area contributed by atoms with Crippen molar-refractivity contribution in [2.45, 2.75) is 31.3 Å². The highest BCUT2D eigenvalue weighted by Gasteiger charge is 2.37. The summed E-state index contributed by atoms with van der Waals surface area (Å²) >= 11 is 0. The SMILES string of the molecule is O=C(NC1COCC2CCCN2C1=O)c1cc(Cc2ccccc2)on1. The summed E-state index contributed by atoms with van der Waals surface area (Å²) in [5, 5.41) is 6.58. The second kappa shape index (κ2) is 7.29. The topological polar surface area (TPSA) is 84.7 Å². The van der Waals surface area contributed by atoms with Gasteiger partial charge in [0, 0.05) is 19.0 Å². The molecule has 136 valence electrons. The lowest BCUT2D eigenvalue weighted by Gasteiger charge is -2.23. The third-order valence-electron chi connectivity index (χ3n) is 4.87. The third kappa shape index (κ3) is 3.48. The molecule has 2 unspecified atom stereocenters. The zero-order valence-corrected chi connectivity index (χ0v) is 14.4. The van der Waals surface area contributed by atoms with Crippen LogP contribution in [0.25, 0.3) is 0 Å². The number of carbonyl (C=O) groups excluding carboxylic acids is 2. The molecule has 4 rings (SSSR count). The molecule has 1 aromatic heterocycles. The van der Waals surface area contributed by atoms with E-state index in [2.05, 4.69) is 10.5 Å². The molecule has 1 aromatic carbocycles. The van der Waals surface area contributed by atoms with Gasteiger partial charge in [0.2, 0.25) is 5.91 Å². The van der Waals surface area contributed by atoms with Crippen LogP contribution in [0.3, 0.4) is 0 Å². The fraction of sp³-hybridized carbons (Fsp3) is 0.421. The van der Waals surface area contributed by atoms with Gasteiger partial charge in [-0.25, -0.2) is 0 Å². The van der Waals surface area contributed by atoms with E-state index in [0.717, 1.165) is 24.9 Å². The van der Waals surface area contributed by atoms with Gasteiger partial charge in [0.15, 0.2) is 5.69 Å². The highest BCUT2D eigenvalue weighted by Crippen LogP contribution is 2.21. The van der Waals surface area contributed by atoms with Crippen molar-refractivity contribution in [2.75, 3.05) is 19.8 Å². The number of ether oxygens (including phenoxy) is 1. The zero-order valence-electron chi connectivity index (χ0n) is 14.4. The van der Waals surface area contributed by atoms with Gasteiger partial charge in [-0.15, -0.1) is 0 Å². The number of carbonyl (C=O) groups is 2. The predicted octanol–water partition coefficient (Wildman–Crippen LogP) is 1.38. The van der Waals surface area contributed by atoms with Crippen molar-refractivity contribution in [1.29, 1.82) is 0 Å². The van der Waals surface area contributed by atoms with E-state index in [1.807, 2.05) is 35.2 Å². The maximum Gasteiger partial charge on any atom is 0.274 e. The van der Waals surface area contributed by atoms with Crippen LogP contribution in [0.15, 0.2) is 40.9 Å². The van der Waals surface area contributed by atoms with Crippen LogP contribution >= 0.6 is 0 Å². The van der Waals surface area contributed by atoms with Crippen LogP contribution in [0.4, 0.5) is 0 Å². The minimum Gasteiger partial charge on any atom is -0.377 e. The van der Waals surface area contributed by atoms with Crippen LogP contribution in [0, 0.1) is 0 Å². The minimum atomic E-state index is -0.681. The van der Waals surface area contributed by atoms with Crippen LogP contribution in [0.1, 0.15) is 34.7 Å². The number of hydrogen-bond acceptors (Lipinski definition) is 5. The summed E-state index contributed by atoms with van der Waals surface area (Å²) in [6.07, 6.45) is 2.49. The fourth-order valence-corrected chi connectivity index (χ4v) is 3.53. The lowest BCUT2D eigenvalue weighted by atomic mass is 10.1. The maximum absolute atomic E-state index is 12.6. The van der Waals surface area contributed by atoms with Crippen molar-refractivity contribution < 1.29 is 18.8 Å². The molecule has 1 N–H and O–H groups in total. The number of nitrogens with zero attached hydrogens (tertiary/aromatic N) is 2. The summed E-state index contributed by atoms with van der Waals surface area (Å²) in [5.74, 6) is 0.100. The van der Waals surface area contributed by atoms with Crippen molar-refractivity contribution in [3.8, 4) is 0 Å². The summed E-state index contributed by atoms with van der Waals surface area (Å²) in [6.45, 7) is 1.44. The monoisotopic (exact) mass is 355 g/mol. The van der Waals surface area contributed by atoms with Gasteiger partial charge in [0.05, 0.1) is 19.3 Å². The van der Waals surface area contributed by atoms with Crippen LogP contribution in [0.2, 0.25) is 0 Å². The van der Waals surface area contributed by atoms with E-state index in [-0.39, 0.29) is 24.2 Å². The molecule has 2 aliphatic rings. The number of amides is 2. The lowest BCUT2D eigenvalue weighted by molar-refractivity contribution is -0.133. The van der Waals surface area contributed by atoms with Crippen molar-refractivity contribution in [2.24, 2.45) is 0 Å². The van der Waals surface area contributed by atoms with Crippen molar-refractivity contribution in [3.05, 3.63) is 53.4 Å². The number of nitrogens with one attached hydrogen (secondary N) is 1. The summed E-state index contributed by atoms with van der Waals surface area (Å²) in [5.41, 5.74) is 1.24. The molecule has 3 heterocycles.